The van der Waals surface area contributed by atoms with Gasteiger partial charge in [-0.3, -0.25) is 9.78 Å². The minimum Gasteiger partial charge on any atom is -0.347 e. The lowest BCUT2D eigenvalue weighted by Crippen LogP contribution is -2.33. The van der Waals surface area contributed by atoms with E-state index in [0.717, 1.165) is 18.2 Å². The number of carbonyl (C=O) groups excluding carboxylic acids is 1. The van der Waals surface area contributed by atoms with Crippen LogP contribution in [0.25, 0.3) is 21.7 Å². The van der Waals surface area contributed by atoms with Crippen LogP contribution in [0.2, 0.25) is 0 Å². The number of hydrogen-bond acceptors (Lipinski definition) is 7. The van der Waals surface area contributed by atoms with E-state index in [-0.39, 0.29) is 11.5 Å². The first-order valence-electron chi connectivity index (χ1n) is 11.5. The van der Waals surface area contributed by atoms with Crippen LogP contribution in [-0.2, 0) is 20.4 Å². The van der Waals surface area contributed by atoms with Gasteiger partial charge in [-0.15, -0.1) is 0 Å². The molecule has 2 aromatic heterocycles. The average Bonchev–Trinajstić information content (AvgIpc) is 3.33. The zero-order chi connectivity index (χ0) is 27.0. The molecule has 0 spiro atoms. The first-order valence-corrected chi connectivity index (χ1v) is 13.9. The second kappa shape index (κ2) is 10.3. The molecule has 0 unspecified atom stereocenters. The summed E-state index contributed by atoms with van der Waals surface area (Å²) in [5.41, 5.74) is -0.423. The Morgan fingerprint density at radius 2 is 1.61 bits per heavy atom. The van der Waals surface area contributed by atoms with E-state index in [1.807, 2.05) is 4.90 Å². The number of piperidine rings is 1. The molecule has 196 valence electrons. The van der Waals surface area contributed by atoms with Gasteiger partial charge in [0.2, 0.25) is 0 Å². The number of carbonyl (C=O) groups is 1. The summed E-state index contributed by atoms with van der Waals surface area (Å²) < 4.78 is 84.6. The lowest BCUT2D eigenvalue weighted by Gasteiger charge is -2.25. The van der Waals surface area contributed by atoms with Crippen molar-refractivity contribution in [2.75, 3.05) is 18.0 Å². The topological polar surface area (TPSA) is 80.2 Å². The molecule has 6 nitrogen and oxygen atoms in total. The molecule has 0 N–H and O–H groups in total. The van der Waals surface area contributed by atoms with Crippen molar-refractivity contribution in [3.63, 3.8) is 0 Å². The molecule has 4 aromatic rings. The summed E-state index contributed by atoms with van der Waals surface area (Å²) in [5, 5.41) is 0.456. The van der Waals surface area contributed by atoms with Crippen molar-refractivity contribution in [1.82, 2.24) is 9.97 Å². The molecule has 0 bridgehead atoms. The number of thiazole rings is 1. The van der Waals surface area contributed by atoms with Gasteiger partial charge in [0.15, 0.2) is 15.0 Å². The van der Waals surface area contributed by atoms with Crippen LogP contribution in [0.4, 0.5) is 22.7 Å². The fourth-order valence-electron chi connectivity index (χ4n) is 4.18. The molecule has 2 aromatic carbocycles. The van der Waals surface area contributed by atoms with E-state index >= 15 is 8.78 Å². The third-order valence-electron chi connectivity index (χ3n) is 6.13. The normalized spacial score (nSPS) is 14.2. The highest BCUT2D eigenvalue weighted by Crippen LogP contribution is 2.43. The molecule has 1 saturated heterocycles. The molecule has 3 heterocycles. The van der Waals surface area contributed by atoms with Crippen molar-refractivity contribution in [3.05, 3.63) is 83.7 Å². The Morgan fingerprint density at radius 1 is 0.921 bits per heavy atom. The fraction of sp³-hybridized carbons (Fsp3) is 0.192. The standard InChI is InChI=1S/C26H19F4N3O3S2/c27-17-2-4-19(28)21(13-17)38(35,36)14-16-1-3-20(29)22(23(16)30)24-25(15-5-9-31-10-6-15)37-26(32-24)33-11-7-18(34)8-12-33/h1-6,9-10,13H,7-8,11-12,14H2. The molecule has 1 aliphatic rings. The Morgan fingerprint density at radius 3 is 2.32 bits per heavy atom. The third-order valence-corrected chi connectivity index (χ3v) is 8.97. The summed E-state index contributed by atoms with van der Waals surface area (Å²) in [6.45, 7) is 0.814. The summed E-state index contributed by atoms with van der Waals surface area (Å²) in [4.78, 5) is 21.6. The summed E-state index contributed by atoms with van der Waals surface area (Å²) in [7, 11) is -4.52. The Bertz CT molecular complexity index is 1630. The van der Waals surface area contributed by atoms with E-state index < -0.39 is 54.9 Å². The van der Waals surface area contributed by atoms with Gasteiger partial charge in [-0.2, -0.15) is 0 Å². The number of pyridine rings is 1. The van der Waals surface area contributed by atoms with Crippen LogP contribution >= 0.6 is 11.3 Å². The highest BCUT2D eigenvalue weighted by Gasteiger charge is 2.29. The van der Waals surface area contributed by atoms with Crippen LogP contribution in [0, 0.1) is 23.3 Å². The van der Waals surface area contributed by atoms with Crippen LogP contribution in [0.15, 0.2) is 59.8 Å². The van der Waals surface area contributed by atoms with Crippen molar-refractivity contribution in [2.24, 2.45) is 0 Å². The number of sulfone groups is 1. The quantitative estimate of drug-likeness (QED) is 0.287. The molecular formula is C26H19F4N3O3S2. The molecule has 1 fully saturated rings. The second-order valence-electron chi connectivity index (χ2n) is 8.67. The second-order valence-corrected chi connectivity index (χ2v) is 11.6. The largest absolute Gasteiger partial charge is 0.347 e. The smallest absolute Gasteiger partial charge is 0.186 e. The summed E-state index contributed by atoms with van der Waals surface area (Å²) in [6, 6.07) is 7.13. The molecule has 12 heteroatoms. The van der Waals surface area contributed by atoms with E-state index in [2.05, 4.69) is 9.97 Å². The Hall–Kier alpha value is -3.64. The Balaban J connectivity index is 1.61. The monoisotopic (exact) mass is 561 g/mol. The van der Waals surface area contributed by atoms with E-state index in [1.165, 1.54) is 23.7 Å². The fourth-order valence-corrected chi connectivity index (χ4v) is 6.76. The van der Waals surface area contributed by atoms with Gasteiger partial charge in [-0.1, -0.05) is 17.4 Å². The number of Topliss-reactive ketones (excluding diaryl/α,β-unsaturated/α-hetero) is 1. The van der Waals surface area contributed by atoms with Gasteiger partial charge in [0.05, 0.1) is 21.9 Å². The van der Waals surface area contributed by atoms with E-state index in [0.29, 0.717) is 53.6 Å². The molecule has 0 atom stereocenters. The SMILES string of the molecule is O=C1CCN(c2nc(-c3c(F)ccc(CS(=O)(=O)c4cc(F)ccc4F)c3F)c(-c3ccncc3)s2)CC1. The molecular weight excluding hydrogens is 542 g/mol. The van der Waals surface area contributed by atoms with Crippen molar-refractivity contribution < 1.29 is 30.8 Å². The van der Waals surface area contributed by atoms with Gasteiger partial charge in [0, 0.05) is 43.9 Å². The van der Waals surface area contributed by atoms with Gasteiger partial charge in [0.1, 0.15) is 33.9 Å². The summed E-state index contributed by atoms with van der Waals surface area (Å²) >= 11 is 1.18. The minimum atomic E-state index is -4.52. The number of hydrogen-bond donors (Lipinski definition) is 0. The van der Waals surface area contributed by atoms with Gasteiger partial charge in [-0.25, -0.2) is 31.0 Å². The molecule has 1 aliphatic heterocycles. The van der Waals surface area contributed by atoms with Gasteiger partial charge in [-0.05, 0) is 42.0 Å². The third kappa shape index (κ3) is 5.05. The maximum atomic E-state index is 15.9. The number of halogens is 4. The molecule has 0 amide bonds. The average molecular weight is 562 g/mol. The molecule has 0 saturated carbocycles. The highest BCUT2D eigenvalue weighted by molar-refractivity contribution is 7.90. The van der Waals surface area contributed by atoms with E-state index in [1.54, 1.807) is 12.1 Å². The first-order chi connectivity index (χ1) is 18.1. The number of nitrogens with zero attached hydrogens (tertiary/aromatic N) is 3. The van der Waals surface area contributed by atoms with Crippen LogP contribution in [0.3, 0.4) is 0 Å². The number of aromatic nitrogens is 2. The zero-order valence-corrected chi connectivity index (χ0v) is 21.3. The van der Waals surface area contributed by atoms with Crippen molar-refractivity contribution in [1.29, 1.82) is 0 Å². The number of benzene rings is 2. The van der Waals surface area contributed by atoms with Gasteiger partial charge < -0.3 is 4.90 Å². The van der Waals surface area contributed by atoms with Crippen LogP contribution in [0.1, 0.15) is 18.4 Å². The number of rotatable bonds is 6. The lowest BCUT2D eigenvalue weighted by molar-refractivity contribution is -0.119. The van der Waals surface area contributed by atoms with Gasteiger partial charge in [0.25, 0.3) is 0 Å². The predicted molar refractivity (Wildman–Crippen MR) is 134 cm³/mol. The van der Waals surface area contributed by atoms with Crippen molar-refractivity contribution in [3.8, 4) is 21.7 Å². The van der Waals surface area contributed by atoms with E-state index in [9.17, 15) is 22.0 Å². The van der Waals surface area contributed by atoms with Crippen LogP contribution in [0.5, 0.6) is 0 Å². The van der Waals surface area contributed by atoms with Crippen LogP contribution in [-0.4, -0.2) is 37.3 Å². The summed E-state index contributed by atoms with van der Waals surface area (Å²) in [5.74, 6) is -5.21. The number of anilines is 1. The Labute approximate surface area is 219 Å². The molecule has 5 rings (SSSR count). The molecule has 38 heavy (non-hydrogen) atoms. The molecule has 0 aliphatic carbocycles. The van der Waals surface area contributed by atoms with Crippen molar-refractivity contribution >= 4 is 32.1 Å². The van der Waals surface area contributed by atoms with Gasteiger partial charge >= 0.3 is 0 Å². The Kier molecular flexibility index (Phi) is 7.01. The summed E-state index contributed by atoms with van der Waals surface area (Å²) in [6.07, 6.45) is 3.68. The lowest BCUT2D eigenvalue weighted by atomic mass is 10.0. The maximum absolute atomic E-state index is 15.9. The minimum absolute atomic E-state index is 0.0423. The predicted octanol–water partition coefficient (Wildman–Crippen LogP) is 5.57. The van der Waals surface area contributed by atoms with Crippen LogP contribution < -0.4 is 4.90 Å². The molecule has 0 radical (unpaired) electrons. The maximum Gasteiger partial charge on any atom is 0.186 e. The highest BCUT2D eigenvalue weighted by atomic mass is 32.2. The van der Waals surface area contributed by atoms with Crippen molar-refractivity contribution in [2.45, 2.75) is 23.5 Å². The van der Waals surface area contributed by atoms with E-state index in [4.69, 9.17) is 0 Å². The number of ketones is 1. The zero-order valence-electron chi connectivity index (χ0n) is 19.6. The first kappa shape index (κ1) is 26.0.